The Hall–Kier alpha value is -3.19. The monoisotopic (exact) mass is 434 g/mol. The number of carbonyl (C=O) groups is 2. The van der Waals surface area contributed by atoms with Crippen LogP contribution in [0.4, 0.5) is 11.4 Å². The number of carbonyl (C=O) groups excluding carboxylic acids is 2. The largest absolute Gasteiger partial charge is 0.361 e. The molecule has 6 nitrogen and oxygen atoms in total. The Morgan fingerprint density at radius 3 is 2.52 bits per heavy atom. The maximum atomic E-state index is 13.4. The lowest BCUT2D eigenvalue weighted by Crippen LogP contribution is -2.49. The zero-order valence-electron chi connectivity index (χ0n) is 18.1. The number of hydrogen-bond acceptors (Lipinski definition) is 3. The molecule has 0 saturated carbocycles. The molecule has 2 aromatic carbocycles. The Morgan fingerprint density at radius 2 is 1.84 bits per heavy atom. The second-order valence-corrected chi connectivity index (χ2v) is 9.25. The zero-order chi connectivity index (χ0) is 22.3. The number of thiocarbonyl (C=S) groups is 1. The Kier molecular flexibility index (Phi) is 5.31. The van der Waals surface area contributed by atoms with Crippen LogP contribution in [0.5, 0.6) is 0 Å². The van der Waals surface area contributed by atoms with E-state index in [1.54, 1.807) is 4.90 Å². The van der Waals surface area contributed by atoms with Gasteiger partial charge in [-0.25, -0.2) is 0 Å². The van der Waals surface area contributed by atoms with Crippen molar-refractivity contribution in [1.82, 2.24) is 9.88 Å². The van der Waals surface area contributed by atoms with Crippen LogP contribution in [0, 0.1) is 6.92 Å². The molecule has 0 aliphatic carbocycles. The summed E-state index contributed by atoms with van der Waals surface area (Å²) in [6.45, 7) is 7.98. The predicted molar refractivity (Wildman–Crippen MR) is 128 cm³/mol. The number of aromatic nitrogens is 1. The minimum atomic E-state index is -0.664. The molecule has 160 valence electrons. The third-order valence-electron chi connectivity index (χ3n) is 5.45. The second kappa shape index (κ2) is 7.81. The maximum Gasteiger partial charge on any atom is 0.256 e. The number of anilines is 2. The summed E-state index contributed by atoms with van der Waals surface area (Å²) in [5.74, 6) is -0.411. The predicted octanol–water partition coefficient (Wildman–Crippen LogP) is 4.61. The van der Waals surface area contributed by atoms with Gasteiger partial charge in [0.1, 0.15) is 6.04 Å². The summed E-state index contributed by atoms with van der Waals surface area (Å²) < 4.78 is 0. The number of fused-ring (bicyclic) bond motifs is 1. The van der Waals surface area contributed by atoms with Crippen molar-refractivity contribution in [3.8, 4) is 0 Å². The quantitative estimate of drug-likeness (QED) is 0.589. The molecular formula is C24H26N4O2S. The topological polar surface area (TPSA) is 68.4 Å². The van der Waals surface area contributed by atoms with Crippen LogP contribution < -0.4 is 10.2 Å². The Balaban J connectivity index is 1.58. The molecule has 2 heterocycles. The molecule has 2 N–H and O–H groups in total. The highest BCUT2D eigenvalue weighted by molar-refractivity contribution is 7.80. The highest BCUT2D eigenvalue weighted by atomic mass is 32.1. The molecule has 1 saturated heterocycles. The zero-order valence-corrected chi connectivity index (χ0v) is 18.9. The third-order valence-corrected chi connectivity index (χ3v) is 5.83. The van der Waals surface area contributed by atoms with E-state index >= 15 is 0 Å². The van der Waals surface area contributed by atoms with Gasteiger partial charge in [0.05, 0.1) is 12.1 Å². The molecule has 1 aromatic heterocycles. The molecule has 7 heteroatoms. The lowest BCUT2D eigenvalue weighted by Gasteiger charge is -2.36. The van der Waals surface area contributed by atoms with E-state index in [9.17, 15) is 9.59 Å². The average molecular weight is 435 g/mol. The molecule has 3 aromatic rings. The van der Waals surface area contributed by atoms with Crippen molar-refractivity contribution in [1.29, 1.82) is 0 Å². The fourth-order valence-electron chi connectivity index (χ4n) is 3.97. The summed E-state index contributed by atoms with van der Waals surface area (Å²) in [6.07, 6.45) is 1.87. The van der Waals surface area contributed by atoms with Crippen molar-refractivity contribution in [2.24, 2.45) is 0 Å². The SMILES string of the molecule is Cc1ccc(N2C(=O)C(CC(=O)Nc3ccc4cc[nH]c4c3)N(C(C)(C)C)C2=S)cc1. The third kappa shape index (κ3) is 4.05. The van der Waals surface area contributed by atoms with Gasteiger partial charge in [0.25, 0.3) is 5.91 Å². The van der Waals surface area contributed by atoms with E-state index < -0.39 is 11.6 Å². The van der Waals surface area contributed by atoms with Crippen LogP contribution in [0.2, 0.25) is 0 Å². The van der Waals surface area contributed by atoms with Gasteiger partial charge in [0.15, 0.2) is 5.11 Å². The molecule has 1 unspecified atom stereocenters. The fourth-order valence-corrected chi connectivity index (χ4v) is 4.57. The summed E-state index contributed by atoms with van der Waals surface area (Å²) in [6, 6.07) is 14.7. The van der Waals surface area contributed by atoms with Crippen LogP contribution in [-0.2, 0) is 9.59 Å². The molecule has 1 aliphatic rings. The number of aromatic amines is 1. The van der Waals surface area contributed by atoms with E-state index in [2.05, 4.69) is 10.3 Å². The van der Waals surface area contributed by atoms with Gasteiger partial charge < -0.3 is 15.2 Å². The standard InChI is InChI=1S/C24H26N4O2S/c1-15-5-9-18(10-6-15)27-22(30)20(28(23(27)31)24(2,3)4)14-21(29)26-17-8-7-16-11-12-25-19(16)13-17/h5-13,20,25H,14H2,1-4H3,(H,26,29). The van der Waals surface area contributed by atoms with E-state index in [0.717, 1.165) is 22.2 Å². The average Bonchev–Trinajstić information content (AvgIpc) is 3.24. The van der Waals surface area contributed by atoms with Crippen molar-refractivity contribution in [3.05, 3.63) is 60.3 Å². The van der Waals surface area contributed by atoms with Crippen LogP contribution in [0.25, 0.3) is 10.9 Å². The molecule has 2 amide bonds. The first-order chi connectivity index (χ1) is 14.6. The van der Waals surface area contributed by atoms with Crippen molar-refractivity contribution >= 4 is 51.4 Å². The molecule has 1 atom stereocenters. The molecule has 31 heavy (non-hydrogen) atoms. The number of benzene rings is 2. The van der Waals surface area contributed by atoms with Crippen molar-refractivity contribution in [2.75, 3.05) is 10.2 Å². The fraction of sp³-hybridized carbons (Fsp3) is 0.292. The Bertz CT molecular complexity index is 1160. The lowest BCUT2D eigenvalue weighted by atomic mass is 10.0. The van der Waals surface area contributed by atoms with Crippen molar-refractivity contribution in [3.63, 3.8) is 0 Å². The van der Waals surface area contributed by atoms with E-state index in [1.807, 2.05) is 87.3 Å². The van der Waals surface area contributed by atoms with Crippen molar-refractivity contribution in [2.45, 2.75) is 45.7 Å². The summed E-state index contributed by atoms with van der Waals surface area (Å²) in [7, 11) is 0. The maximum absolute atomic E-state index is 13.4. The van der Waals surface area contributed by atoms with Crippen LogP contribution >= 0.6 is 12.2 Å². The first kappa shape index (κ1) is 21.1. The number of amides is 2. The highest BCUT2D eigenvalue weighted by Gasteiger charge is 2.48. The Labute approximate surface area is 187 Å². The first-order valence-corrected chi connectivity index (χ1v) is 10.7. The minimum absolute atomic E-state index is 0.0152. The number of nitrogens with one attached hydrogen (secondary N) is 2. The molecule has 0 radical (unpaired) electrons. The van der Waals surface area contributed by atoms with Crippen LogP contribution in [0.3, 0.4) is 0 Å². The van der Waals surface area contributed by atoms with Crippen LogP contribution in [0.1, 0.15) is 32.8 Å². The number of aryl methyl sites for hydroxylation is 1. The van der Waals surface area contributed by atoms with Gasteiger partial charge in [-0.1, -0.05) is 23.8 Å². The van der Waals surface area contributed by atoms with Gasteiger partial charge in [0, 0.05) is 22.9 Å². The van der Waals surface area contributed by atoms with Crippen LogP contribution in [-0.4, -0.2) is 38.4 Å². The smallest absolute Gasteiger partial charge is 0.256 e. The normalized spacial score (nSPS) is 17.0. The molecular weight excluding hydrogens is 408 g/mol. The first-order valence-electron chi connectivity index (χ1n) is 10.3. The number of nitrogens with zero attached hydrogens (tertiary/aromatic N) is 2. The minimum Gasteiger partial charge on any atom is -0.361 e. The Morgan fingerprint density at radius 1 is 1.13 bits per heavy atom. The van der Waals surface area contributed by atoms with E-state index in [1.165, 1.54) is 0 Å². The number of H-pyrrole nitrogens is 1. The lowest BCUT2D eigenvalue weighted by molar-refractivity contribution is -0.125. The summed E-state index contributed by atoms with van der Waals surface area (Å²) in [5.41, 5.74) is 3.03. The summed E-state index contributed by atoms with van der Waals surface area (Å²) in [5, 5.41) is 4.41. The van der Waals surface area contributed by atoms with E-state index in [0.29, 0.717) is 10.8 Å². The van der Waals surface area contributed by atoms with Gasteiger partial charge >= 0.3 is 0 Å². The van der Waals surface area contributed by atoms with E-state index in [-0.39, 0.29) is 18.2 Å². The molecule has 1 aliphatic heterocycles. The van der Waals surface area contributed by atoms with E-state index in [4.69, 9.17) is 12.2 Å². The molecule has 1 fully saturated rings. The highest BCUT2D eigenvalue weighted by Crippen LogP contribution is 2.33. The van der Waals surface area contributed by atoms with Gasteiger partial charge in [0.2, 0.25) is 5.91 Å². The number of rotatable bonds is 4. The molecule has 0 bridgehead atoms. The summed E-state index contributed by atoms with van der Waals surface area (Å²) in [4.78, 5) is 32.8. The number of hydrogen-bond donors (Lipinski definition) is 2. The van der Waals surface area contributed by atoms with Gasteiger partial charge in [-0.2, -0.15) is 0 Å². The van der Waals surface area contributed by atoms with Gasteiger partial charge in [-0.05, 0) is 75.6 Å². The second-order valence-electron chi connectivity index (χ2n) is 8.88. The molecule has 0 spiro atoms. The molecule has 4 rings (SSSR count). The summed E-state index contributed by atoms with van der Waals surface area (Å²) >= 11 is 5.70. The van der Waals surface area contributed by atoms with Gasteiger partial charge in [-0.15, -0.1) is 0 Å². The van der Waals surface area contributed by atoms with Crippen LogP contribution in [0.15, 0.2) is 54.7 Å². The van der Waals surface area contributed by atoms with Gasteiger partial charge in [-0.3, -0.25) is 14.5 Å². The van der Waals surface area contributed by atoms with Crippen molar-refractivity contribution < 1.29 is 9.59 Å².